The molecule has 49 heavy (non-hydrogen) atoms. The summed E-state index contributed by atoms with van der Waals surface area (Å²) in [5, 5.41) is 5.04. The summed E-state index contributed by atoms with van der Waals surface area (Å²) in [6.45, 7) is 13.7. The number of nitrogens with zero attached hydrogens (tertiary/aromatic N) is 4. The van der Waals surface area contributed by atoms with Crippen LogP contribution in [0.1, 0.15) is 26.3 Å². The van der Waals surface area contributed by atoms with Crippen molar-refractivity contribution in [1.29, 1.82) is 0 Å². The topological polar surface area (TPSA) is 33.5 Å². The van der Waals surface area contributed by atoms with Crippen molar-refractivity contribution in [2.45, 2.75) is 39.3 Å². The summed E-state index contributed by atoms with van der Waals surface area (Å²) < 4.78 is 8.81. The van der Waals surface area contributed by atoms with Gasteiger partial charge in [-0.05, 0) is 57.9 Å². The molecule has 0 radical (unpaired) electrons. The molecule has 9 rings (SSSR count). The third-order valence-corrected chi connectivity index (χ3v) is 13.4. The molecule has 2 aliphatic heterocycles. The minimum atomic E-state index is -2.02. The Balaban J connectivity index is 0.00000348. The molecule has 5 aromatic carbocycles. The maximum absolute atomic E-state index is 6.61. The van der Waals surface area contributed by atoms with Crippen LogP contribution >= 0.6 is 0 Å². The molecule has 246 valence electrons. The molecule has 0 saturated heterocycles. The van der Waals surface area contributed by atoms with Crippen molar-refractivity contribution < 1.29 is 25.8 Å². The molecule has 5 nitrogen and oxygen atoms in total. The van der Waals surface area contributed by atoms with Gasteiger partial charge in [0, 0.05) is 61.3 Å². The molecule has 2 aromatic heterocycles. The van der Waals surface area contributed by atoms with Crippen LogP contribution in [0, 0.1) is 18.8 Å². The number of aromatic nitrogens is 2. The molecule has 7 heteroatoms. The van der Waals surface area contributed by atoms with Gasteiger partial charge >= 0.3 is 0 Å². The zero-order chi connectivity index (χ0) is 32.8. The van der Waals surface area contributed by atoms with Crippen LogP contribution in [0.25, 0.3) is 27.6 Å². The summed E-state index contributed by atoms with van der Waals surface area (Å²) in [6, 6.07) is 45.8. The Morgan fingerprint density at radius 1 is 0.735 bits per heavy atom. The quantitative estimate of drug-likeness (QED) is 0.131. The van der Waals surface area contributed by atoms with Crippen LogP contribution < -0.4 is 24.9 Å². The van der Waals surface area contributed by atoms with Gasteiger partial charge in [0.05, 0.1) is 8.07 Å². The fourth-order valence-electron chi connectivity index (χ4n) is 7.34. The molecular weight excluding hydrogens is 800 g/mol. The van der Waals surface area contributed by atoms with Crippen LogP contribution in [0.5, 0.6) is 11.5 Å². The summed E-state index contributed by atoms with van der Waals surface area (Å²) in [4.78, 5) is 9.41. The van der Waals surface area contributed by atoms with E-state index in [1.165, 1.54) is 27.3 Å². The van der Waals surface area contributed by atoms with Crippen molar-refractivity contribution in [3.05, 3.63) is 140 Å². The largest absolute Gasteiger partial charge is 0.509 e. The number of hydrogen-bond acceptors (Lipinski definition) is 4. The van der Waals surface area contributed by atoms with Crippen LogP contribution in [0.3, 0.4) is 0 Å². The summed E-state index contributed by atoms with van der Waals surface area (Å²) in [7, 11) is -2.02. The van der Waals surface area contributed by atoms with E-state index in [0.717, 1.165) is 39.0 Å². The van der Waals surface area contributed by atoms with E-state index in [1.807, 2.05) is 12.3 Å². The van der Waals surface area contributed by atoms with Crippen LogP contribution in [0.4, 0.5) is 22.7 Å². The van der Waals surface area contributed by atoms with E-state index in [0.29, 0.717) is 11.5 Å². The zero-order valence-electron chi connectivity index (χ0n) is 28.1. The Hall–Kier alpha value is -4.64. The third-order valence-electron chi connectivity index (χ3n) is 9.88. The normalized spacial score (nSPS) is 14.5. The van der Waals surface area contributed by atoms with Crippen LogP contribution in [0.15, 0.2) is 115 Å². The minimum Gasteiger partial charge on any atom is -0.509 e. The number of hydrogen-bond donors (Lipinski definition) is 0. The summed E-state index contributed by atoms with van der Waals surface area (Å²) in [5.41, 5.74) is 7.89. The van der Waals surface area contributed by atoms with Crippen molar-refractivity contribution in [3.8, 4) is 17.3 Å². The van der Waals surface area contributed by atoms with E-state index in [2.05, 4.69) is 170 Å². The van der Waals surface area contributed by atoms with Crippen LogP contribution in [-0.4, -0.2) is 17.6 Å². The van der Waals surface area contributed by atoms with Gasteiger partial charge in [-0.3, -0.25) is 0 Å². The predicted molar refractivity (Wildman–Crippen MR) is 200 cm³/mol. The molecule has 7 aromatic rings. The molecule has 0 spiro atoms. The van der Waals surface area contributed by atoms with Gasteiger partial charge in [0.2, 0.25) is 0 Å². The second kappa shape index (κ2) is 11.5. The maximum atomic E-state index is 6.61. The maximum Gasteiger partial charge on any atom is 0.135 e. The Morgan fingerprint density at radius 3 is 2.31 bits per heavy atom. The van der Waals surface area contributed by atoms with E-state index >= 15 is 0 Å². The third kappa shape index (κ3) is 4.95. The standard InChI is InChI=1S/C42H35N4OSi.Pt/c1-42(2,3)28-22-23-43-40(24-28)46-34-15-10-9-14-32(34)33-20-18-30(25-36(33)46)47-31-19-21-38-37(26-31)45-27-44(29-12-7-6-8-13-29)35-16-11-17-39(41(35)45)48(38,4)5;/h6-24,27H,1-5H3;/q-3;. The molecule has 0 N–H and O–H groups in total. The Bertz CT molecular complexity index is 2400. The van der Waals surface area contributed by atoms with Crippen LogP contribution in [0.2, 0.25) is 13.1 Å². The number of fused-ring (bicyclic) bond motifs is 5. The van der Waals surface area contributed by atoms with Gasteiger partial charge in [-0.2, -0.15) is 12.1 Å². The number of pyridine rings is 1. The van der Waals surface area contributed by atoms with Crippen molar-refractivity contribution in [2.24, 2.45) is 0 Å². The summed E-state index contributed by atoms with van der Waals surface area (Å²) in [6.07, 6.45) is 1.90. The fourth-order valence-corrected chi connectivity index (χ4v) is 10.3. The smallest absolute Gasteiger partial charge is 0.135 e. The van der Waals surface area contributed by atoms with Crippen molar-refractivity contribution in [2.75, 3.05) is 9.80 Å². The number of anilines is 4. The van der Waals surface area contributed by atoms with E-state index in [1.54, 1.807) is 0 Å². The van der Waals surface area contributed by atoms with Gasteiger partial charge in [-0.25, -0.2) is 4.98 Å². The summed E-state index contributed by atoms with van der Waals surface area (Å²) in [5.74, 6) is 2.17. The number of rotatable bonds is 4. The first-order chi connectivity index (χ1) is 23.2. The molecule has 0 bridgehead atoms. The molecule has 0 amide bonds. The van der Waals surface area contributed by atoms with Crippen molar-refractivity contribution >= 4 is 63.0 Å². The molecule has 0 saturated carbocycles. The van der Waals surface area contributed by atoms with E-state index in [4.69, 9.17) is 9.72 Å². The van der Waals surface area contributed by atoms with Gasteiger partial charge in [-0.1, -0.05) is 93.6 Å². The SMILES string of the molecule is CC(C)(C)c1ccnc(-n2c3[c-]c(Oc4[c-]c5c(cc4)[Si](C)(C)c4cccc6c4N5[CH-]N6c4ccccc4)ccc3c3ccccc32)c1.[Pt]. The van der Waals surface area contributed by atoms with Gasteiger partial charge < -0.3 is 19.1 Å². The van der Waals surface area contributed by atoms with E-state index in [-0.39, 0.29) is 26.5 Å². The first-order valence-electron chi connectivity index (χ1n) is 16.5. The van der Waals surface area contributed by atoms with Gasteiger partial charge in [0.25, 0.3) is 0 Å². The molecule has 0 aliphatic carbocycles. The molecule has 4 heterocycles. The molecule has 0 atom stereocenters. The monoisotopic (exact) mass is 834 g/mol. The van der Waals surface area contributed by atoms with Crippen LogP contribution in [-0.2, 0) is 26.5 Å². The first kappa shape index (κ1) is 31.6. The molecule has 2 aliphatic rings. The van der Waals surface area contributed by atoms with Gasteiger partial charge in [-0.15, -0.1) is 41.5 Å². The average molecular weight is 835 g/mol. The Kier molecular flexibility index (Phi) is 7.40. The molecule has 0 fully saturated rings. The summed E-state index contributed by atoms with van der Waals surface area (Å²) >= 11 is 0. The number of para-hydroxylation sites is 3. The average Bonchev–Trinajstić information content (AvgIpc) is 3.64. The number of ether oxygens (including phenoxy) is 1. The first-order valence-corrected chi connectivity index (χ1v) is 19.5. The Labute approximate surface area is 303 Å². The fraction of sp³-hybridized carbons (Fsp3) is 0.143. The zero-order valence-corrected chi connectivity index (χ0v) is 31.3. The number of benzene rings is 5. The minimum absolute atomic E-state index is 0. The van der Waals surface area contributed by atoms with Gasteiger partial charge in [0.1, 0.15) is 5.82 Å². The van der Waals surface area contributed by atoms with E-state index < -0.39 is 8.07 Å². The molecule has 0 unspecified atom stereocenters. The molecular formula is C42H35N4OPtSi-3. The second-order valence-corrected chi connectivity index (χ2v) is 18.6. The predicted octanol–water partition coefficient (Wildman–Crippen LogP) is 9.41. The van der Waals surface area contributed by atoms with Crippen molar-refractivity contribution in [3.63, 3.8) is 0 Å². The Morgan fingerprint density at radius 2 is 1.49 bits per heavy atom. The van der Waals surface area contributed by atoms with Gasteiger partial charge in [0.15, 0.2) is 0 Å². The van der Waals surface area contributed by atoms with Crippen molar-refractivity contribution in [1.82, 2.24) is 9.55 Å². The second-order valence-electron chi connectivity index (χ2n) is 14.3. The van der Waals surface area contributed by atoms with E-state index in [9.17, 15) is 0 Å².